The maximum absolute atomic E-state index is 4.07. The second kappa shape index (κ2) is 5.00. The molecule has 0 unspecified atom stereocenters. The summed E-state index contributed by atoms with van der Waals surface area (Å²) in [5, 5.41) is 11.7. The quantitative estimate of drug-likeness (QED) is 0.890. The topological polar surface area (TPSA) is 42.7 Å². The molecule has 2 aliphatic rings. The van der Waals surface area contributed by atoms with Crippen LogP contribution in [0.2, 0.25) is 0 Å². The Kier molecular flexibility index (Phi) is 3.37. The molecule has 100 valence electrons. The van der Waals surface area contributed by atoms with Gasteiger partial charge in [0.05, 0.1) is 11.9 Å². The second-order valence-corrected chi connectivity index (χ2v) is 6.09. The van der Waals surface area contributed by atoms with E-state index in [0.29, 0.717) is 0 Å². The largest absolute Gasteiger partial charge is 0.308 e. The van der Waals surface area contributed by atoms with Crippen LogP contribution in [0.4, 0.5) is 0 Å². The van der Waals surface area contributed by atoms with Crippen molar-refractivity contribution in [3.8, 4) is 0 Å². The highest BCUT2D eigenvalue weighted by atomic mass is 15.4. The van der Waals surface area contributed by atoms with Gasteiger partial charge in [0, 0.05) is 19.1 Å². The van der Waals surface area contributed by atoms with Crippen LogP contribution < -0.4 is 5.32 Å². The molecule has 0 radical (unpaired) electrons. The van der Waals surface area contributed by atoms with Gasteiger partial charge in [0.25, 0.3) is 0 Å². The summed E-state index contributed by atoms with van der Waals surface area (Å²) in [5.74, 6) is 0. The first-order valence-corrected chi connectivity index (χ1v) is 7.42. The molecule has 1 spiro atoms. The first-order valence-electron chi connectivity index (χ1n) is 7.42. The minimum atomic E-state index is 0.721. The fourth-order valence-corrected chi connectivity index (χ4v) is 3.77. The van der Waals surface area contributed by atoms with Crippen molar-refractivity contribution in [2.45, 2.75) is 71.0 Å². The molecule has 0 saturated heterocycles. The zero-order valence-corrected chi connectivity index (χ0v) is 11.4. The zero-order chi connectivity index (χ0) is 12.4. The van der Waals surface area contributed by atoms with Gasteiger partial charge in [0.15, 0.2) is 0 Å². The maximum atomic E-state index is 4.07. The Labute approximate surface area is 109 Å². The lowest BCUT2D eigenvalue weighted by Gasteiger charge is -2.50. The summed E-state index contributed by atoms with van der Waals surface area (Å²) in [6.45, 7) is 3.94. The van der Waals surface area contributed by atoms with Crippen molar-refractivity contribution < 1.29 is 0 Å². The van der Waals surface area contributed by atoms with Crippen LogP contribution in [0.15, 0.2) is 6.20 Å². The molecule has 0 amide bonds. The standard InChI is InChI=1S/C14H24N4/c1-2-18-13(11-16-17-18)10-15-12-8-14(9-12)6-4-3-5-7-14/h11-12,15H,2-10H2,1H3. The molecule has 0 bridgehead atoms. The van der Waals surface area contributed by atoms with E-state index in [4.69, 9.17) is 0 Å². The Bertz CT molecular complexity index is 384. The van der Waals surface area contributed by atoms with Crippen molar-refractivity contribution in [3.05, 3.63) is 11.9 Å². The molecule has 3 rings (SSSR count). The van der Waals surface area contributed by atoms with Gasteiger partial charge in [0.1, 0.15) is 0 Å². The molecule has 2 aliphatic carbocycles. The van der Waals surface area contributed by atoms with E-state index in [1.165, 1.54) is 50.6 Å². The van der Waals surface area contributed by atoms with Gasteiger partial charge < -0.3 is 5.32 Å². The average molecular weight is 248 g/mol. The number of nitrogens with one attached hydrogen (secondary N) is 1. The minimum absolute atomic E-state index is 0.721. The number of aromatic nitrogens is 3. The van der Waals surface area contributed by atoms with Gasteiger partial charge in [-0.15, -0.1) is 5.10 Å². The van der Waals surface area contributed by atoms with Crippen LogP contribution in [-0.4, -0.2) is 21.0 Å². The first-order chi connectivity index (χ1) is 8.81. The number of nitrogens with zero attached hydrogens (tertiary/aromatic N) is 3. The summed E-state index contributed by atoms with van der Waals surface area (Å²) in [4.78, 5) is 0. The highest BCUT2D eigenvalue weighted by Gasteiger charge is 2.43. The SMILES string of the molecule is CCn1nncc1CNC1CC2(CCCCC2)C1. The van der Waals surface area contributed by atoms with Crippen LogP contribution in [0.3, 0.4) is 0 Å². The van der Waals surface area contributed by atoms with Crippen molar-refractivity contribution >= 4 is 0 Å². The lowest BCUT2D eigenvalue weighted by Crippen LogP contribution is -2.49. The minimum Gasteiger partial charge on any atom is -0.308 e. The third-order valence-electron chi connectivity index (χ3n) is 4.84. The number of aryl methyl sites for hydroxylation is 1. The van der Waals surface area contributed by atoms with E-state index in [-0.39, 0.29) is 0 Å². The summed E-state index contributed by atoms with van der Waals surface area (Å²) in [6, 6.07) is 0.725. The van der Waals surface area contributed by atoms with Crippen LogP contribution in [0.25, 0.3) is 0 Å². The number of rotatable bonds is 4. The van der Waals surface area contributed by atoms with E-state index < -0.39 is 0 Å². The van der Waals surface area contributed by atoms with Crippen LogP contribution >= 0.6 is 0 Å². The summed E-state index contributed by atoms with van der Waals surface area (Å²) < 4.78 is 1.97. The lowest BCUT2D eigenvalue weighted by molar-refractivity contribution is 0.0376. The number of hydrogen-bond donors (Lipinski definition) is 1. The van der Waals surface area contributed by atoms with Gasteiger partial charge in [-0.1, -0.05) is 24.5 Å². The van der Waals surface area contributed by atoms with E-state index in [1.54, 1.807) is 0 Å². The summed E-state index contributed by atoms with van der Waals surface area (Å²) in [5.41, 5.74) is 1.93. The van der Waals surface area contributed by atoms with Crippen molar-refractivity contribution in [1.82, 2.24) is 20.3 Å². The van der Waals surface area contributed by atoms with Crippen LogP contribution in [0.1, 0.15) is 57.6 Å². The Morgan fingerprint density at radius 2 is 2.11 bits per heavy atom. The lowest BCUT2D eigenvalue weighted by atomic mass is 9.58. The van der Waals surface area contributed by atoms with E-state index in [2.05, 4.69) is 22.6 Å². The summed E-state index contributed by atoms with van der Waals surface area (Å²) in [6.07, 6.45) is 12.0. The molecule has 0 atom stereocenters. The fourth-order valence-electron chi connectivity index (χ4n) is 3.77. The highest BCUT2D eigenvalue weighted by Crippen LogP contribution is 2.51. The fraction of sp³-hybridized carbons (Fsp3) is 0.857. The molecule has 1 N–H and O–H groups in total. The first kappa shape index (κ1) is 12.2. The van der Waals surface area contributed by atoms with Gasteiger partial charge in [-0.2, -0.15) is 0 Å². The highest BCUT2D eigenvalue weighted by molar-refractivity contribution is 5.01. The molecular weight excluding hydrogens is 224 g/mol. The van der Waals surface area contributed by atoms with E-state index in [9.17, 15) is 0 Å². The van der Waals surface area contributed by atoms with Crippen molar-refractivity contribution in [2.24, 2.45) is 5.41 Å². The molecule has 0 aliphatic heterocycles. The maximum Gasteiger partial charge on any atom is 0.0738 e. The molecule has 1 aromatic rings. The third kappa shape index (κ3) is 2.30. The third-order valence-corrected chi connectivity index (χ3v) is 4.84. The molecule has 1 aromatic heterocycles. The second-order valence-electron chi connectivity index (χ2n) is 6.09. The predicted octanol–water partition coefficient (Wildman–Crippen LogP) is 2.50. The van der Waals surface area contributed by atoms with Gasteiger partial charge in [0.2, 0.25) is 0 Å². The summed E-state index contributed by atoms with van der Waals surface area (Å²) >= 11 is 0. The molecular formula is C14H24N4. The zero-order valence-electron chi connectivity index (χ0n) is 11.4. The monoisotopic (exact) mass is 248 g/mol. The van der Waals surface area contributed by atoms with Crippen molar-refractivity contribution in [2.75, 3.05) is 0 Å². The Balaban J connectivity index is 1.46. The van der Waals surface area contributed by atoms with Gasteiger partial charge in [-0.3, -0.25) is 0 Å². The van der Waals surface area contributed by atoms with Crippen LogP contribution in [0.5, 0.6) is 0 Å². The number of hydrogen-bond acceptors (Lipinski definition) is 3. The van der Waals surface area contributed by atoms with Crippen LogP contribution in [0, 0.1) is 5.41 Å². The van der Waals surface area contributed by atoms with Gasteiger partial charge >= 0.3 is 0 Å². The Hall–Kier alpha value is -0.900. The Morgan fingerprint density at radius 3 is 2.83 bits per heavy atom. The summed E-state index contributed by atoms with van der Waals surface area (Å²) in [7, 11) is 0. The molecule has 2 saturated carbocycles. The van der Waals surface area contributed by atoms with Gasteiger partial charge in [-0.05, 0) is 38.0 Å². The normalized spacial score (nSPS) is 23.2. The molecule has 18 heavy (non-hydrogen) atoms. The van der Waals surface area contributed by atoms with Crippen molar-refractivity contribution in [3.63, 3.8) is 0 Å². The Morgan fingerprint density at radius 1 is 1.33 bits per heavy atom. The molecule has 4 nitrogen and oxygen atoms in total. The molecule has 2 fully saturated rings. The predicted molar refractivity (Wildman–Crippen MR) is 71.1 cm³/mol. The average Bonchev–Trinajstić information content (AvgIpc) is 2.82. The van der Waals surface area contributed by atoms with E-state index in [0.717, 1.165) is 24.5 Å². The van der Waals surface area contributed by atoms with E-state index in [1.807, 2.05) is 10.9 Å². The van der Waals surface area contributed by atoms with Crippen molar-refractivity contribution in [1.29, 1.82) is 0 Å². The van der Waals surface area contributed by atoms with Crippen LogP contribution in [-0.2, 0) is 13.1 Å². The molecule has 1 heterocycles. The molecule has 0 aromatic carbocycles. The van der Waals surface area contributed by atoms with Gasteiger partial charge in [-0.25, -0.2) is 4.68 Å². The smallest absolute Gasteiger partial charge is 0.0738 e. The molecule has 4 heteroatoms. The van der Waals surface area contributed by atoms with E-state index >= 15 is 0 Å².